The van der Waals surface area contributed by atoms with E-state index in [4.69, 9.17) is 0 Å². The number of carbonyl (C=O) groups excluding carboxylic acids is 1. The summed E-state index contributed by atoms with van der Waals surface area (Å²) in [5.74, 6) is 0.134. The number of nitrogens with zero attached hydrogens (tertiary/aromatic N) is 1. The summed E-state index contributed by atoms with van der Waals surface area (Å²) in [6, 6.07) is 11.1. The Morgan fingerprint density at radius 1 is 1.19 bits per heavy atom. The van der Waals surface area contributed by atoms with Gasteiger partial charge in [-0.05, 0) is 16.8 Å². The molecule has 0 aliphatic carbocycles. The molecule has 1 amide bonds. The third-order valence-corrected chi connectivity index (χ3v) is 2.27. The van der Waals surface area contributed by atoms with Gasteiger partial charge in [-0.2, -0.15) is 5.10 Å². The quantitative estimate of drug-likeness (QED) is 0.463. The second-order valence-electron chi connectivity index (χ2n) is 3.22. The zero-order valence-corrected chi connectivity index (χ0v) is 8.42. The molecule has 2 rings (SSSR count). The van der Waals surface area contributed by atoms with E-state index in [9.17, 15) is 9.90 Å². The van der Waals surface area contributed by atoms with Crippen LogP contribution >= 0.6 is 0 Å². The number of rotatable bonds is 3. The van der Waals surface area contributed by atoms with Gasteiger partial charge in [0.15, 0.2) is 0 Å². The molecule has 0 heterocycles. The molecule has 0 atom stereocenters. The van der Waals surface area contributed by atoms with Crippen molar-refractivity contribution in [1.29, 1.82) is 0 Å². The van der Waals surface area contributed by atoms with Gasteiger partial charge in [0, 0.05) is 5.56 Å². The average molecular weight is 214 g/mol. The molecule has 16 heavy (non-hydrogen) atoms. The van der Waals surface area contributed by atoms with Gasteiger partial charge in [-0.15, -0.1) is 0 Å². The number of aromatic hydroxyl groups is 1. The van der Waals surface area contributed by atoms with Gasteiger partial charge in [0.05, 0.1) is 6.21 Å². The highest BCUT2D eigenvalue weighted by molar-refractivity contribution is 6.02. The van der Waals surface area contributed by atoms with E-state index in [2.05, 4.69) is 10.5 Å². The molecular weight excluding hydrogens is 204 g/mol. The van der Waals surface area contributed by atoms with Gasteiger partial charge in [-0.3, -0.25) is 4.79 Å². The maximum absolute atomic E-state index is 10.1. The zero-order chi connectivity index (χ0) is 11.4. The van der Waals surface area contributed by atoms with Crippen molar-refractivity contribution in [3.63, 3.8) is 0 Å². The number of phenols is 1. The van der Waals surface area contributed by atoms with E-state index in [1.54, 1.807) is 6.07 Å². The van der Waals surface area contributed by atoms with Crippen LogP contribution in [0, 0.1) is 0 Å². The number of hydrogen-bond donors (Lipinski definition) is 2. The Bertz CT molecular complexity index is 550. The summed E-state index contributed by atoms with van der Waals surface area (Å²) in [6.07, 6.45) is 1.89. The van der Waals surface area contributed by atoms with Gasteiger partial charge >= 0.3 is 0 Å². The molecule has 4 nitrogen and oxygen atoms in total. The number of phenolic OH excluding ortho intramolecular Hbond substituents is 1. The molecule has 4 heteroatoms. The van der Waals surface area contributed by atoms with Crippen molar-refractivity contribution in [2.75, 3.05) is 0 Å². The molecule has 0 aromatic heterocycles. The van der Waals surface area contributed by atoms with Crippen LogP contribution in [0.1, 0.15) is 5.56 Å². The Kier molecular flexibility index (Phi) is 2.82. The van der Waals surface area contributed by atoms with Crippen LogP contribution < -0.4 is 5.43 Å². The van der Waals surface area contributed by atoms with E-state index in [0.717, 1.165) is 10.8 Å². The van der Waals surface area contributed by atoms with Crippen molar-refractivity contribution in [3.8, 4) is 5.75 Å². The summed E-state index contributed by atoms with van der Waals surface area (Å²) in [5.41, 5.74) is 2.76. The van der Waals surface area contributed by atoms with Crippen LogP contribution in [0.4, 0.5) is 0 Å². The van der Waals surface area contributed by atoms with Gasteiger partial charge in [0.1, 0.15) is 5.75 Å². The first-order valence-corrected chi connectivity index (χ1v) is 4.76. The molecule has 2 aromatic rings. The first-order chi connectivity index (χ1) is 7.83. The molecule has 80 valence electrons. The summed E-state index contributed by atoms with van der Waals surface area (Å²) in [5, 5.41) is 15.3. The number of fused-ring (bicyclic) bond motifs is 1. The summed E-state index contributed by atoms with van der Waals surface area (Å²) in [7, 11) is 0. The van der Waals surface area contributed by atoms with Crippen molar-refractivity contribution < 1.29 is 9.90 Å². The fourth-order valence-electron chi connectivity index (χ4n) is 1.55. The molecule has 0 aliphatic rings. The van der Waals surface area contributed by atoms with E-state index in [-0.39, 0.29) is 5.75 Å². The monoisotopic (exact) mass is 214 g/mol. The van der Waals surface area contributed by atoms with Crippen LogP contribution in [0.3, 0.4) is 0 Å². The average Bonchev–Trinajstić information content (AvgIpc) is 2.32. The lowest BCUT2D eigenvalue weighted by atomic mass is 10.0. The van der Waals surface area contributed by atoms with Crippen LogP contribution in [0.15, 0.2) is 41.5 Å². The highest BCUT2D eigenvalue weighted by atomic mass is 16.3. The summed E-state index contributed by atoms with van der Waals surface area (Å²) < 4.78 is 0. The van der Waals surface area contributed by atoms with Crippen molar-refractivity contribution >= 4 is 23.4 Å². The predicted molar refractivity (Wildman–Crippen MR) is 62.4 cm³/mol. The second kappa shape index (κ2) is 4.44. The lowest BCUT2D eigenvalue weighted by Crippen LogP contribution is -2.00. The SMILES string of the molecule is O=CNN=Cc1c(O)ccc2ccccc12. The highest BCUT2D eigenvalue weighted by Gasteiger charge is 2.03. The molecule has 2 N–H and O–H groups in total. The topological polar surface area (TPSA) is 61.7 Å². The fraction of sp³-hybridized carbons (Fsp3) is 0. The lowest BCUT2D eigenvalue weighted by molar-refractivity contribution is -0.109. The largest absolute Gasteiger partial charge is 0.507 e. The summed E-state index contributed by atoms with van der Waals surface area (Å²) in [6.45, 7) is 0. The van der Waals surface area contributed by atoms with E-state index >= 15 is 0 Å². The van der Waals surface area contributed by atoms with Crippen molar-refractivity contribution in [2.45, 2.75) is 0 Å². The third-order valence-electron chi connectivity index (χ3n) is 2.27. The van der Waals surface area contributed by atoms with Gasteiger partial charge in [0.25, 0.3) is 0 Å². The molecule has 0 unspecified atom stereocenters. The number of amides is 1. The van der Waals surface area contributed by atoms with Crippen molar-refractivity contribution in [2.24, 2.45) is 5.10 Å². The minimum atomic E-state index is 0.134. The summed E-state index contributed by atoms with van der Waals surface area (Å²) in [4.78, 5) is 10.1. The minimum absolute atomic E-state index is 0.134. The normalized spacial score (nSPS) is 10.8. The zero-order valence-electron chi connectivity index (χ0n) is 8.42. The Balaban J connectivity index is 2.56. The Hall–Kier alpha value is -2.36. The van der Waals surface area contributed by atoms with Gasteiger partial charge in [-0.25, -0.2) is 5.43 Å². The Morgan fingerprint density at radius 2 is 2.00 bits per heavy atom. The molecule has 2 aromatic carbocycles. The highest BCUT2D eigenvalue weighted by Crippen LogP contribution is 2.25. The van der Waals surface area contributed by atoms with Crippen LogP contribution in [-0.2, 0) is 4.79 Å². The van der Waals surface area contributed by atoms with Gasteiger partial charge < -0.3 is 5.11 Å². The number of benzene rings is 2. The van der Waals surface area contributed by atoms with Crippen LogP contribution in [-0.4, -0.2) is 17.7 Å². The summed E-state index contributed by atoms with van der Waals surface area (Å²) >= 11 is 0. The van der Waals surface area contributed by atoms with E-state index < -0.39 is 0 Å². The van der Waals surface area contributed by atoms with E-state index in [1.807, 2.05) is 30.3 Å². The number of nitrogens with one attached hydrogen (secondary N) is 1. The number of hydrogen-bond acceptors (Lipinski definition) is 3. The number of carbonyl (C=O) groups is 1. The molecule has 0 fully saturated rings. The van der Waals surface area contributed by atoms with E-state index in [0.29, 0.717) is 12.0 Å². The molecule has 0 radical (unpaired) electrons. The third kappa shape index (κ3) is 1.86. The van der Waals surface area contributed by atoms with Gasteiger partial charge in [-0.1, -0.05) is 30.3 Å². The molecular formula is C12H10N2O2. The standard InChI is InChI=1S/C12H10N2O2/c15-8-14-13-7-11-10-4-2-1-3-9(10)5-6-12(11)16/h1-8,16H,(H,14,15). The van der Waals surface area contributed by atoms with Gasteiger partial charge in [0.2, 0.25) is 6.41 Å². The fourth-order valence-corrected chi connectivity index (χ4v) is 1.55. The minimum Gasteiger partial charge on any atom is -0.507 e. The van der Waals surface area contributed by atoms with E-state index in [1.165, 1.54) is 6.21 Å². The predicted octanol–water partition coefficient (Wildman–Crippen LogP) is 1.63. The van der Waals surface area contributed by atoms with Crippen LogP contribution in [0.5, 0.6) is 5.75 Å². The second-order valence-corrected chi connectivity index (χ2v) is 3.22. The molecule has 0 aliphatic heterocycles. The van der Waals surface area contributed by atoms with Crippen LogP contribution in [0.25, 0.3) is 10.8 Å². The molecule has 0 spiro atoms. The van der Waals surface area contributed by atoms with Crippen molar-refractivity contribution in [1.82, 2.24) is 5.43 Å². The van der Waals surface area contributed by atoms with Crippen molar-refractivity contribution in [3.05, 3.63) is 42.0 Å². The molecule has 0 saturated heterocycles. The first-order valence-electron chi connectivity index (χ1n) is 4.76. The number of hydrazone groups is 1. The first kappa shape index (κ1) is 10.2. The maximum Gasteiger partial charge on any atom is 0.227 e. The lowest BCUT2D eigenvalue weighted by Gasteiger charge is -2.03. The maximum atomic E-state index is 10.1. The Morgan fingerprint density at radius 3 is 2.81 bits per heavy atom. The smallest absolute Gasteiger partial charge is 0.227 e. The molecule has 0 bridgehead atoms. The Labute approximate surface area is 92.2 Å². The molecule has 0 saturated carbocycles. The van der Waals surface area contributed by atoms with Crippen LogP contribution in [0.2, 0.25) is 0 Å².